The Morgan fingerprint density at radius 1 is 1.25 bits per heavy atom. The predicted molar refractivity (Wildman–Crippen MR) is 56.8 cm³/mol. The minimum atomic E-state index is -1.03. The molecule has 0 fully saturated rings. The Bertz CT molecular complexity index is 211. The molecule has 6 heteroatoms. The highest BCUT2D eigenvalue weighted by atomic mass is 16.4. The lowest BCUT2D eigenvalue weighted by Gasteiger charge is -2.23. The molecule has 16 heavy (non-hydrogen) atoms. The van der Waals surface area contributed by atoms with Crippen molar-refractivity contribution in [3.05, 3.63) is 12.2 Å². The molecular weight excluding hydrogens is 216 g/mol. The molecule has 0 aliphatic rings. The molecule has 0 radical (unpaired) electrons. The smallest absolute Gasteiger partial charge is 0.330 e. The number of carbonyl (C=O) groups is 2. The van der Waals surface area contributed by atoms with Gasteiger partial charge in [0.1, 0.15) is 6.29 Å². The highest BCUT2D eigenvalue weighted by molar-refractivity contribution is 5.84. The van der Waals surface area contributed by atoms with Crippen LogP contribution in [0.5, 0.6) is 0 Å². The third-order valence-electron chi connectivity index (χ3n) is 1.89. The van der Waals surface area contributed by atoms with Gasteiger partial charge in [0.2, 0.25) is 0 Å². The summed E-state index contributed by atoms with van der Waals surface area (Å²) in [6.45, 7) is 3.47. The molecule has 0 aromatic rings. The van der Waals surface area contributed by atoms with Crippen molar-refractivity contribution < 1.29 is 30.0 Å². The summed E-state index contributed by atoms with van der Waals surface area (Å²) in [5, 5.41) is 33.8. The quantitative estimate of drug-likeness (QED) is 0.353. The van der Waals surface area contributed by atoms with Crippen LogP contribution in [0.15, 0.2) is 12.2 Å². The largest absolute Gasteiger partial charge is 0.478 e. The van der Waals surface area contributed by atoms with Crippen LogP contribution in [0.25, 0.3) is 0 Å². The summed E-state index contributed by atoms with van der Waals surface area (Å²) in [4.78, 5) is 19.6. The minimum Gasteiger partial charge on any atom is -0.478 e. The average Bonchev–Trinajstić information content (AvgIpc) is 2.27. The van der Waals surface area contributed by atoms with E-state index >= 15 is 0 Å². The van der Waals surface area contributed by atoms with Gasteiger partial charge in [-0.2, -0.15) is 0 Å². The van der Waals surface area contributed by atoms with E-state index in [1.807, 2.05) is 0 Å². The summed E-state index contributed by atoms with van der Waals surface area (Å²) < 4.78 is 0. The van der Waals surface area contributed by atoms with Crippen LogP contribution in [0.2, 0.25) is 0 Å². The Kier molecular flexibility index (Phi) is 9.68. The summed E-state index contributed by atoms with van der Waals surface area (Å²) in [5.41, 5.74) is -0.850. The van der Waals surface area contributed by atoms with E-state index in [1.54, 1.807) is 0 Å². The van der Waals surface area contributed by atoms with E-state index in [9.17, 15) is 9.59 Å². The molecule has 0 bridgehead atoms. The average molecular weight is 234 g/mol. The van der Waals surface area contributed by atoms with E-state index in [4.69, 9.17) is 20.4 Å². The van der Waals surface area contributed by atoms with Crippen LogP contribution in [-0.4, -0.2) is 52.5 Å². The number of aliphatic hydroxyl groups is 3. The monoisotopic (exact) mass is 234 g/mol. The number of carboxylic acids is 1. The molecule has 0 aliphatic carbocycles. The Morgan fingerprint density at radius 3 is 1.62 bits per heavy atom. The highest BCUT2D eigenvalue weighted by Crippen LogP contribution is 2.17. The van der Waals surface area contributed by atoms with Crippen LogP contribution in [-0.2, 0) is 9.59 Å². The molecule has 0 saturated heterocycles. The fourth-order valence-corrected chi connectivity index (χ4v) is 0.520. The summed E-state index contributed by atoms with van der Waals surface area (Å²) in [5.74, 6) is -0.935. The minimum absolute atomic E-state index is 0.0174. The fourth-order valence-electron chi connectivity index (χ4n) is 0.520. The zero-order valence-corrected chi connectivity index (χ0v) is 9.22. The van der Waals surface area contributed by atoms with E-state index in [0.717, 1.165) is 0 Å². The van der Waals surface area contributed by atoms with E-state index < -0.39 is 11.4 Å². The molecule has 0 heterocycles. The molecule has 0 amide bonds. The van der Waals surface area contributed by atoms with Crippen molar-refractivity contribution in [1.82, 2.24) is 0 Å². The lowest BCUT2D eigenvalue weighted by molar-refractivity contribution is -0.132. The van der Waals surface area contributed by atoms with Crippen LogP contribution in [0.4, 0.5) is 0 Å². The first-order valence-corrected chi connectivity index (χ1v) is 4.54. The van der Waals surface area contributed by atoms with Crippen LogP contribution in [0, 0.1) is 5.41 Å². The third kappa shape index (κ3) is 7.10. The molecule has 0 aromatic heterocycles. The number of aliphatic hydroxyl groups excluding tert-OH is 3. The van der Waals surface area contributed by atoms with Gasteiger partial charge in [-0.15, -0.1) is 0 Å². The molecule has 0 atom stereocenters. The van der Waals surface area contributed by atoms with Crippen molar-refractivity contribution in [2.24, 2.45) is 5.41 Å². The van der Waals surface area contributed by atoms with Gasteiger partial charge in [0.15, 0.2) is 0 Å². The maximum absolute atomic E-state index is 9.96. The van der Waals surface area contributed by atoms with E-state index in [1.165, 1.54) is 6.92 Å². The van der Waals surface area contributed by atoms with Gasteiger partial charge in [-0.25, -0.2) is 4.79 Å². The van der Waals surface area contributed by atoms with Crippen molar-refractivity contribution in [3.63, 3.8) is 0 Å². The zero-order chi connectivity index (χ0) is 13.2. The third-order valence-corrected chi connectivity index (χ3v) is 1.89. The molecule has 0 aliphatic heterocycles. The number of rotatable bonds is 6. The number of hydrogen-bond donors (Lipinski definition) is 4. The fraction of sp³-hybridized carbons (Fsp3) is 0.600. The summed E-state index contributed by atoms with van der Waals surface area (Å²) in [6, 6.07) is 0. The first-order valence-electron chi connectivity index (χ1n) is 4.54. The number of aliphatic carboxylic acids is 1. The van der Waals surface area contributed by atoms with Gasteiger partial charge in [-0.05, 0) is 6.92 Å². The SMILES string of the molecule is C=C(C)C(=O)O.O=CCC(CO)(CO)CO. The van der Waals surface area contributed by atoms with Crippen molar-refractivity contribution in [2.75, 3.05) is 19.8 Å². The predicted octanol–water partition coefficient (Wildman–Crippen LogP) is -0.814. The topological polar surface area (TPSA) is 115 Å². The van der Waals surface area contributed by atoms with Gasteiger partial charge in [-0.1, -0.05) is 6.58 Å². The molecule has 4 N–H and O–H groups in total. The van der Waals surface area contributed by atoms with Crippen LogP contribution >= 0.6 is 0 Å². The Morgan fingerprint density at radius 2 is 1.56 bits per heavy atom. The van der Waals surface area contributed by atoms with E-state index in [0.29, 0.717) is 6.29 Å². The van der Waals surface area contributed by atoms with Crippen LogP contribution in [0.1, 0.15) is 13.3 Å². The van der Waals surface area contributed by atoms with Gasteiger partial charge < -0.3 is 25.2 Å². The van der Waals surface area contributed by atoms with Gasteiger partial charge in [-0.3, -0.25) is 0 Å². The maximum Gasteiger partial charge on any atom is 0.330 e. The Labute approximate surface area is 93.8 Å². The number of carbonyl (C=O) groups excluding carboxylic acids is 1. The lowest BCUT2D eigenvalue weighted by Crippen LogP contribution is -2.34. The van der Waals surface area contributed by atoms with E-state index in [2.05, 4.69) is 6.58 Å². The standard InChI is InChI=1S/C6H12O4.C4H6O2/c7-2-1-6(3-8,4-9)5-10;1-3(2)4(5)6/h2,8-10H,1,3-5H2;1H2,2H3,(H,5,6). The molecule has 0 rings (SSSR count). The van der Waals surface area contributed by atoms with Crippen molar-refractivity contribution >= 4 is 12.3 Å². The van der Waals surface area contributed by atoms with Crippen molar-refractivity contribution in [3.8, 4) is 0 Å². The summed E-state index contributed by atoms with van der Waals surface area (Å²) in [6.07, 6.45) is 0.555. The van der Waals surface area contributed by atoms with Crippen LogP contribution in [0.3, 0.4) is 0 Å². The normalized spacial score (nSPS) is 10.0. The molecule has 0 unspecified atom stereocenters. The second kappa shape index (κ2) is 9.02. The maximum atomic E-state index is 9.96. The number of carboxylic acid groups (broad SMARTS) is 1. The summed E-state index contributed by atoms with van der Waals surface area (Å²) >= 11 is 0. The second-order valence-corrected chi connectivity index (χ2v) is 3.43. The molecule has 6 nitrogen and oxygen atoms in total. The molecule has 0 aromatic carbocycles. The van der Waals surface area contributed by atoms with Gasteiger partial charge in [0, 0.05) is 17.4 Å². The first kappa shape index (κ1) is 17.2. The Balaban J connectivity index is 0. The zero-order valence-electron chi connectivity index (χ0n) is 9.22. The molecule has 0 spiro atoms. The number of aldehydes is 1. The molecule has 0 saturated carbocycles. The summed E-state index contributed by atoms with van der Waals surface area (Å²) in [7, 11) is 0. The Hall–Kier alpha value is -1.24. The van der Waals surface area contributed by atoms with Gasteiger partial charge >= 0.3 is 5.97 Å². The molecule has 94 valence electrons. The highest BCUT2D eigenvalue weighted by Gasteiger charge is 2.27. The van der Waals surface area contributed by atoms with E-state index in [-0.39, 0.29) is 31.8 Å². The number of hydrogen-bond acceptors (Lipinski definition) is 5. The first-order chi connectivity index (χ1) is 7.39. The van der Waals surface area contributed by atoms with Crippen molar-refractivity contribution in [1.29, 1.82) is 0 Å². The lowest BCUT2D eigenvalue weighted by atomic mass is 9.88. The second-order valence-electron chi connectivity index (χ2n) is 3.43. The molecular formula is C10H18O6. The van der Waals surface area contributed by atoms with Gasteiger partial charge in [0.25, 0.3) is 0 Å². The van der Waals surface area contributed by atoms with Crippen LogP contribution < -0.4 is 0 Å². The van der Waals surface area contributed by atoms with Crippen molar-refractivity contribution in [2.45, 2.75) is 13.3 Å². The van der Waals surface area contributed by atoms with Gasteiger partial charge in [0.05, 0.1) is 19.8 Å².